The topological polar surface area (TPSA) is 87.5 Å². The molecule has 19 heavy (non-hydrogen) atoms. The summed E-state index contributed by atoms with van der Waals surface area (Å²) in [7, 11) is 2.90. The number of ketones is 2. The van der Waals surface area contributed by atoms with Crippen molar-refractivity contribution >= 4 is 17.5 Å². The number of allylic oxidation sites excluding steroid dienone is 2. The van der Waals surface area contributed by atoms with Crippen LogP contribution in [-0.2, 0) is 27.9 Å². The van der Waals surface area contributed by atoms with Crippen molar-refractivity contribution in [3.63, 3.8) is 0 Å². The summed E-state index contributed by atoms with van der Waals surface area (Å²) in [5.74, 6) is -0.987. The maximum Gasteiger partial charge on any atom is 0.303 e. The molecule has 0 saturated heterocycles. The number of aromatic nitrogens is 2. The van der Waals surface area contributed by atoms with Crippen molar-refractivity contribution in [2.45, 2.75) is 13.5 Å². The lowest BCUT2D eigenvalue weighted by molar-refractivity contribution is -0.142. The SMILES string of the molecule is COC1=CC(=O)c2nc(COC(C)=O)n(C)c2C1=O. The number of carbonyl (C=O) groups is 3. The van der Waals surface area contributed by atoms with E-state index >= 15 is 0 Å². The van der Waals surface area contributed by atoms with Crippen molar-refractivity contribution in [1.29, 1.82) is 0 Å². The number of carbonyl (C=O) groups excluding carboxylic acids is 3. The predicted octanol–water partition coefficient (Wildman–Crippen LogP) is 0.392. The van der Waals surface area contributed by atoms with E-state index in [2.05, 4.69) is 4.98 Å². The summed E-state index contributed by atoms with van der Waals surface area (Å²) in [5.41, 5.74) is 0.196. The van der Waals surface area contributed by atoms with E-state index in [1.165, 1.54) is 18.6 Å². The van der Waals surface area contributed by atoms with Crippen molar-refractivity contribution < 1.29 is 23.9 Å². The molecule has 1 aliphatic rings. The van der Waals surface area contributed by atoms with E-state index in [0.29, 0.717) is 5.82 Å². The standard InChI is InChI=1S/C12H12N2O5/c1-6(15)19-5-9-13-10-7(16)4-8(18-3)12(17)11(10)14(9)2/h4H,5H2,1-3H3. The Bertz CT molecular complexity index is 612. The van der Waals surface area contributed by atoms with Gasteiger partial charge in [-0.1, -0.05) is 0 Å². The Morgan fingerprint density at radius 1 is 1.42 bits per heavy atom. The molecule has 0 N–H and O–H groups in total. The van der Waals surface area contributed by atoms with Crippen molar-refractivity contribution in [2.75, 3.05) is 7.11 Å². The molecule has 1 aromatic rings. The number of nitrogens with zero attached hydrogens (tertiary/aromatic N) is 2. The van der Waals surface area contributed by atoms with Gasteiger partial charge < -0.3 is 14.0 Å². The fourth-order valence-electron chi connectivity index (χ4n) is 1.79. The van der Waals surface area contributed by atoms with Crippen molar-refractivity contribution in [3.05, 3.63) is 29.0 Å². The maximum atomic E-state index is 12.1. The zero-order valence-corrected chi connectivity index (χ0v) is 10.7. The van der Waals surface area contributed by atoms with E-state index in [-0.39, 0.29) is 23.8 Å². The fraction of sp³-hybridized carbons (Fsp3) is 0.333. The van der Waals surface area contributed by atoms with Crippen molar-refractivity contribution in [1.82, 2.24) is 9.55 Å². The molecule has 1 heterocycles. The summed E-state index contributed by atoms with van der Waals surface area (Å²) in [6.45, 7) is 1.17. The number of hydrogen-bond donors (Lipinski definition) is 0. The molecule has 1 aromatic heterocycles. The van der Waals surface area contributed by atoms with Gasteiger partial charge in [-0.3, -0.25) is 14.4 Å². The first kappa shape index (κ1) is 13.0. The monoisotopic (exact) mass is 264 g/mol. The van der Waals surface area contributed by atoms with E-state index in [0.717, 1.165) is 6.08 Å². The van der Waals surface area contributed by atoms with Gasteiger partial charge in [0.15, 0.2) is 5.76 Å². The van der Waals surface area contributed by atoms with Gasteiger partial charge in [0.2, 0.25) is 11.6 Å². The number of esters is 1. The molecule has 0 fully saturated rings. The second kappa shape index (κ2) is 4.68. The molecule has 7 nitrogen and oxygen atoms in total. The Hall–Kier alpha value is -2.44. The van der Waals surface area contributed by atoms with Gasteiger partial charge in [0.1, 0.15) is 23.8 Å². The van der Waals surface area contributed by atoms with Crippen LogP contribution in [0.15, 0.2) is 11.8 Å². The van der Waals surface area contributed by atoms with Gasteiger partial charge in [-0.15, -0.1) is 0 Å². The second-order valence-corrected chi connectivity index (χ2v) is 3.97. The van der Waals surface area contributed by atoms with Crippen LogP contribution < -0.4 is 0 Å². The van der Waals surface area contributed by atoms with E-state index in [4.69, 9.17) is 9.47 Å². The van der Waals surface area contributed by atoms with Crippen LogP contribution in [0.5, 0.6) is 0 Å². The highest BCUT2D eigenvalue weighted by Crippen LogP contribution is 2.22. The summed E-state index contributed by atoms with van der Waals surface area (Å²) in [4.78, 5) is 38.7. The zero-order chi connectivity index (χ0) is 14.2. The minimum absolute atomic E-state index is 0.0282. The largest absolute Gasteiger partial charge is 0.492 e. The summed E-state index contributed by atoms with van der Waals surface area (Å²) >= 11 is 0. The van der Waals surface area contributed by atoms with Crippen LogP contribution in [0.4, 0.5) is 0 Å². The van der Waals surface area contributed by atoms with E-state index < -0.39 is 17.5 Å². The van der Waals surface area contributed by atoms with E-state index in [1.54, 1.807) is 7.05 Å². The minimum atomic E-state index is -0.464. The van der Waals surface area contributed by atoms with Crippen LogP contribution in [0.2, 0.25) is 0 Å². The fourth-order valence-corrected chi connectivity index (χ4v) is 1.79. The summed E-state index contributed by atoms with van der Waals surface area (Å²) in [5, 5.41) is 0. The Kier molecular flexibility index (Phi) is 3.20. The summed E-state index contributed by atoms with van der Waals surface area (Å²) in [6.07, 6.45) is 1.10. The van der Waals surface area contributed by atoms with Crippen LogP contribution in [-0.4, -0.2) is 34.2 Å². The highest BCUT2D eigenvalue weighted by Gasteiger charge is 2.32. The first-order valence-electron chi connectivity index (χ1n) is 5.49. The number of methoxy groups -OCH3 is 1. The van der Waals surface area contributed by atoms with Gasteiger partial charge in [0.25, 0.3) is 0 Å². The Balaban J connectivity index is 2.42. The third-order valence-corrected chi connectivity index (χ3v) is 2.75. The van der Waals surface area contributed by atoms with Crippen LogP contribution in [0, 0.1) is 0 Å². The van der Waals surface area contributed by atoms with Crippen LogP contribution >= 0.6 is 0 Å². The lowest BCUT2D eigenvalue weighted by Gasteiger charge is -2.11. The molecular weight excluding hydrogens is 252 g/mol. The Morgan fingerprint density at radius 3 is 2.68 bits per heavy atom. The lowest BCUT2D eigenvalue weighted by Crippen LogP contribution is -2.20. The summed E-state index contributed by atoms with van der Waals surface area (Å²) in [6, 6.07) is 0. The smallest absolute Gasteiger partial charge is 0.303 e. The number of rotatable bonds is 3. The molecule has 2 rings (SSSR count). The number of imidazole rings is 1. The average Bonchev–Trinajstić information content (AvgIpc) is 2.69. The summed E-state index contributed by atoms with van der Waals surface area (Å²) < 4.78 is 11.1. The third kappa shape index (κ3) is 2.14. The minimum Gasteiger partial charge on any atom is -0.492 e. The van der Waals surface area contributed by atoms with Gasteiger partial charge in [-0.25, -0.2) is 4.98 Å². The Morgan fingerprint density at radius 2 is 2.11 bits per heavy atom. The quantitative estimate of drug-likeness (QED) is 0.734. The number of Topliss-reactive ketones (excluding diaryl/α,β-unsaturated/α-hetero) is 1. The molecule has 0 amide bonds. The first-order chi connectivity index (χ1) is 8.95. The van der Waals surface area contributed by atoms with Gasteiger partial charge >= 0.3 is 5.97 Å². The normalized spacial score (nSPS) is 13.9. The molecule has 0 spiro atoms. The number of fused-ring (bicyclic) bond motifs is 1. The van der Waals surface area contributed by atoms with Crippen LogP contribution in [0.3, 0.4) is 0 Å². The van der Waals surface area contributed by atoms with Crippen LogP contribution in [0.1, 0.15) is 33.7 Å². The third-order valence-electron chi connectivity index (χ3n) is 2.75. The number of hydrogen-bond acceptors (Lipinski definition) is 6. The molecule has 0 saturated carbocycles. The molecule has 100 valence electrons. The van der Waals surface area contributed by atoms with Gasteiger partial charge in [-0.05, 0) is 0 Å². The van der Waals surface area contributed by atoms with Crippen molar-refractivity contribution in [2.24, 2.45) is 7.05 Å². The van der Waals surface area contributed by atoms with Gasteiger partial charge in [-0.2, -0.15) is 0 Å². The highest BCUT2D eigenvalue weighted by atomic mass is 16.5. The molecule has 0 aromatic carbocycles. The second-order valence-electron chi connectivity index (χ2n) is 3.97. The van der Waals surface area contributed by atoms with Gasteiger partial charge in [0.05, 0.1) is 7.11 Å². The number of ether oxygens (including phenoxy) is 2. The molecule has 0 unspecified atom stereocenters. The van der Waals surface area contributed by atoms with E-state index in [9.17, 15) is 14.4 Å². The lowest BCUT2D eigenvalue weighted by atomic mass is 10.0. The average molecular weight is 264 g/mol. The zero-order valence-electron chi connectivity index (χ0n) is 10.7. The Labute approximate surface area is 108 Å². The van der Waals surface area contributed by atoms with Crippen molar-refractivity contribution in [3.8, 4) is 0 Å². The molecule has 7 heteroatoms. The van der Waals surface area contributed by atoms with E-state index in [1.807, 2.05) is 0 Å². The molecule has 1 aliphatic carbocycles. The highest BCUT2D eigenvalue weighted by molar-refractivity contribution is 6.22. The molecule has 0 radical (unpaired) electrons. The van der Waals surface area contributed by atoms with Gasteiger partial charge in [0, 0.05) is 20.0 Å². The molecule has 0 bridgehead atoms. The predicted molar refractivity (Wildman–Crippen MR) is 62.4 cm³/mol. The molecular formula is C12H12N2O5. The van der Waals surface area contributed by atoms with Crippen LogP contribution in [0.25, 0.3) is 0 Å². The first-order valence-corrected chi connectivity index (χ1v) is 5.49. The molecule has 0 atom stereocenters. The molecule has 0 aliphatic heterocycles. The maximum absolute atomic E-state index is 12.1.